The van der Waals surface area contributed by atoms with Crippen molar-refractivity contribution in [2.24, 2.45) is 0 Å². The molecule has 5 heteroatoms. The number of hydrogen-bond donors (Lipinski definition) is 1. The van der Waals surface area contributed by atoms with Crippen LogP contribution in [-0.2, 0) is 4.79 Å². The SMILES string of the molecule is CCC(C(=O)Nc1cc(C)nn1-c1ccc(F)cc1)c1ccccc1. The first-order valence-electron chi connectivity index (χ1n) is 8.27. The molecule has 1 aromatic heterocycles. The van der Waals surface area contributed by atoms with Gasteiger partial charge in [-0.15, -0.1) is 0 Å². The average Bonchev–Trinajstić information content (AvgIpc) is 2.97. The topological polar surface area (TPSA) is 46.9 Å². The smallest absolute Gasteiger partial charge is 0.233 e. The Bertz CT molecular complexity index is 856. The van der Waals surface area contributed by atoms with E-state index in [9.17, 15) is 9.18 Å². The van der Waals surface area contributed by atoms with E-state index in [1.807, 2.05) is 44.2 Å². The van der Waals surface area contributed by atoms with Crippen molar-refractivity contribution in [3.05, 3.63) is 77.7 Å². The maximum atomic E-state index is 13.2. The highest BCUT2D eigenvalue weighted by Crippen LogP contribution is 2.23. The molecule has 0 bridgehead atoms. The highest BCUT2D eigenvalue weighted by Gasteiger charge is 2.20. The van der Waals surface area contributed by atoms with Crippen LogP contribution < -0.4 is 5.32 Å². The summed E-state index contributed by atoms with van der Waals surface area (Å²) in [6.07, 6.45) is 0.694. The van der Waals surface area contributed by atoms with E-state index in [0.29, 0.717) is 17.9 Å². The zero-order valence-corrected chi connectivity index (χ0v) is 14.2. The minimum absolute atomic E-state index is 0.0861. The van der Waals surface area contributed by atoms with Gasteiger partial charge in [-0.3, -0.25) is 4.79 Å². The summed E-state index contributed by atoms with van der Waals surface area (Å²) in [6, 6.07) is 17.5. The molecule has 0 aliphatic carbocycles. The van der Waals surface area contributed by atoms with Gasteiger partial charge in [-0.25, -0.2) is 9.07 Å². The third kappa shape index (κ3) is 3.76. The van der Waals surface area contributed by atoms with Crippen LogP contribution in [0.15, 0.2) is 60.7 Å². The molecule has 1 amide bonds. The lowest BCUT2D eigenvalue weighted by Gasteiger charge is -2.16. The van der Waals surface area contributed by atoms with Gasteiger partial charge in [0.15, 0.2) is 0 Å². The zero-order chi connectivity index (χ0) is 17.8. The van der Waals surface area contributed by atoms with Gasteiger partial charge in [-0.1, -0.05) is 37.3 Å². The highest BCUT2D eigenvalue weighted by atomic mass is 19.1. The first-order valence-corrected chi connectivity index (χ1v) is 8.27. The van der Waals surface area contributed by atoms with Crippen LogP contribution in [0.4, 0.5) is 10.2 Å². The molecule has 2 aromatic carbocycles. The molecule has 0 saturated heterocycles. The van der Waals surface area contributed by atoms with Gasteiger partial charge in [-0.05, 0) is 43.2 Å². The summed E-state index contributed by atoms with van der Waals surface area (Å²) in [4.78, 5) is 12.8. The molecular formula is C20H20FN3O. The number of amides is 1. The third-order valence-corrected chi connectivity index (χ3v) is 4.08. The Hall–Kier alpha value is -2.95. The van der Waals surface area contributed by atoms with Gasteiger partial charge < -0.3 is 5.32 Å². The minimum Gasteiger partial charge on any atom is -0.310 e. The van der Waals surface area contributed by atoms with Crippen LogP contribution in [0.5, 0.6) is 0 Å². The first-order chi connectivity index (χ1) is 12.1. The van der Waals surface area contributed by atoms with E-state index < -0.39 is 0 Å². The molecule has 1 N–H and O–H groups in total. The lowest BCUT2D eigenvalue weighted by Crippen LogP contribution is -2.22. The number of nitrogens with zero attached hydrogens (tertiary/aromatic N) is 2. The summed E-state index contributed by atoms with van der Waals surface area (Å²) >= 11 is 0. The predicted octanol–water partition coefficient (Wildman–Crippen LogP) is 4.45. The Kier molecular flexibility index (Phi) is 4.93. The Morgan fingerprint density at radius 3 is 2.48 bits per heavy atom. The van der Waals surface area contributed by atoms with Crippen molar-refractivity contribution >= 4 is 11.7 Å². The second-order valence-corrected chi connectivity index (χ2v) is 5.92. The number of benzene rings is 2. The maximum Gasteiger partial charge on any atom is 0.233 e. The molecule has 0 radical (unpaired) electrons. The zero-order valence-electron chi connectivity index (χ0n) is 14.2. The fourth-order valence-corrected chi connectivity index (χ4v) is 2.84. The number of halogens is 1. The predicted molar refractivity (Wildman–Crippen MR) is 96.4 cm³/mol. The molecule has 0 fully saturated rings. The standard InChI is InChI=1S/C20H20FN3O/c1-3-18(15-7-5-4-6-8-15)20(25)22-19-13-14(2)23-24(19)17-11-9-16(21)10-12-17/h4-13,18H,3H2,1-2H3,(H,22,25). The van der Waals surface area contributed by atoms with Crippen molar-refractivity contribution in [2.75, 3.05) is 5.32 Å². The number of carbonyl (C=O) groups excluding carboxylic acids is 1. The Balaban J connectivity index is 1.87. The van der Waals surface area contributed by atoms with Gasteiger partial charge in [0.2, 0.25) is 5.91 Å². The summed E-state index contributed by atoms with van der Waals surface area (Å²) in [5.41, 5.74) is 2.44. The van der Waals surface area contributed by atoms with Crippen LogP contribution in [0.25, 0.3) is 5.69 Å². The van der Waals surface area contributed by atoms with Crippen molar-refractivity contribution in [1.29, 1.82) is 0 Å². The normalized spacial score (nSPS) is 12.0. The van der Waals surface area contributed by atoms with Crippen LogP contribution in [0.2, 0.25) is 0 Å². The molecule has 1 unspecified atom stereocenters. The molecule has 3 aromatic rings. The van der Waals surface area contributed by atoms with Gasteiger partial charge in [0.05, 0.1) is 17.3 Å². The van der Waals surface area contributed by atoms with Crippen LogP contribution >= 0.6 is 0 Å². The molecule has 3 rings (SSSR count). The lowest BCUT2D eigenvalue weighted by molar-refractivity contribution is -0.117. The molecule has 25 heavy (non-hydrogen) atoms. The molecule has 4 nitrogen and oxygen atoms in total. The Morgan fingerprint density at radius 2 is 1.84 bits per heavy atom. The monoisotopic (exact) mass is 337 g/mol. The lowest BCUT2D eigenvalue weighted by atomic mass is 9.96. The number of aryl methyl sites for hydroxylation is 1. The molecule has 128 valence electrons. The van der Waals surface area contributed by atoms with Crippen LogP contribution in [0.1, 0.15) is 30.5 Å². The average molecular weight is 337 g/mol. The van der Waals surface area contributed by atoms with Crippen LogP contribution in [-0.4, -0.2) is 15.7 Å². The second kappa shape index (κ2) is 7.30. The number of anilines is 1. The van der Waals surface area contributed by atoms with Crippen LogP contribution in [0, 0.1) is 12.7 Å². The Labute approximate surface area is 146 Å². The summed E-state index contributed by atoms with van der Waals surface area (Å²) < 4.78 is 14.8. The molecule has 0 aliphatic rings. The largest absolute Gasteiger partial charge is 0.310 e. The van der Waals surface area contributed by atoms with E-state index in [2.05, 4.69) is 10.4 Å². The molecule has 0 aliphatic heterocycles. The fourth-order valence-electron chi connectivity index (χ4n) is 2.84. The van der Waals surface area contributed by atoms with Crippen molar-refractivity contribution in [3.8, 4) is 5.69 Å². The van der Waals surface area contributed by atoms with Gasteiger partial charge in [0.25, 0.3) is 0 Å². The highest BCUT2D eigenvalue weighted by molar-refractivity contribution is 5.95. The van der Waals surface area contributed by atoms with E-state index >= 15 is 0 Å². The third-order valence-electron chi connectivity index (χ3n) is 4.08. The van der Waals surface area contributed by atoms with E-state index in [1.54, 1.807) is 22.9 Å². The first kappa shape index (κ1) is 16.9. The summed E-state index contributed by atoms with van der Waals surface area (Å²) in [5, 5.41) is 7.36. The molecular weight excluding hydrogens is 317 g/mol. The van der Waals surface area contributed by atoms with E-state index in [4.69, 9.17) is 0 Å². The van der Waals surface area contributed by atoms with Gasteiger partial charge >= 0.3 is 0 Å². The molecule has 0 saturated carbocycles. The van der Waals surface area contributed by atoms with Crippen LogP contribution in [0.3, 0.4) is 0 Å². The Morgan fingerprint density at radius 1 is 1.16 bits per heavy atom. The van der Waals surface area contributed by atoms with Crippen molar-refractivity contribution in [1.82, 2.24) is 9.78 Å². The number of rotatable bonds is 5. The number of nitrogens with one attached hydrogen (secondary N) is 1. The number of aromatic nitrogens is 2. The molecule has 0 spiro atoms. The summed E-state index contributed by atoms with van der Waals surface area (Å²) in [7, 11) is 0. The van der Waals surface area contributed by atoms with Gasteiger partial charge in [-0.2, -0.15) is 5.10 Å². The van der Waals surface area contributed by atoms with E-state index in [1.165, 1.54) is 12.1 Å². The maximum absolute atomic E-state index is 13.2. The van der Waals surface area contributed by atoms with Gasteiger partial charge in [0, 0.05) is 6.07 Å². The summed E-state index contributed by atoms with van der Waals surface area (Å²) in [5.74, 6) is -0.0631. The van der Waals surface area contributed by atoms with E-state index in [0.717, 1.165) is 11.3 Å². The number of carbonyl (C=O) groups is 1. The van der Waals surface area contributed by atoms with Crippen molar-refractivity contribution < 1.29 is 9.18 Å². The van der Waals surface area contributed by atoms with Crippen molar-refractivity contribution in [3.63, 3.8) is 0 Å². The van der Waals surface area contributed by atoms with Gasteiger partial charge in [0.1, 0.15) is 11.6 Å². The molecule has 1 atom stereocenters. The quantitative estimate of drug-likeness (QED) is 0.747. The molecule has 1 heterocycles. The van der Waals surface area contributed by atoms with Crippen molar-refractivity contribution in [2.45, 2.75) is 26.2 Å². The summed E-state index contributed by atoms with van der Waals surface area (Å²) in [6.45, 7) is 3.84. The van der Waals surface area contributed by atoms with E-state index in [-0.39, 0.29) is 17.6 Å². The fraction of sp³-hybridized carbons (Fsp3) is 0.200. The number of hydrogen-bond acceptors (Lipinski definition) is 2. The second-order valence-electron chi connectivity index (χ2n) is 5.92. The minimum atomic E-state index is -0.312.